The smallest absolute Gasteiger partial charge is 0.213 e. The van der Waals surface area contributed by atoms with Crippen LogP contribution in [0.15, 0.2) is 144 Å². The number of hydrogen-bond acceptors (Lipinski definition) is 3. The van der Waals surface area contributed by atoms with Crippen molar-refractivity contribution in [2.75, 3.05) is 0 Å². The van der Waals surface area contributed by atoms with Crippen LogP contribution in [0.3, 0.4) is 0 Å². The van der Waals surface area contributed by atoms with Gasteiger partial charge in [-0.1, -0.05) is 123 Å². The van der Waals surface area contributed by atoms with Gasteiger partial charge in [-0.05, 0) is 52.6 Å². The van der Waals surface area contributed by atoms with Crippen molar-refractivity contribution >= 4 is 43.9 Å². The highest BCUT2D eigenvalue weighted by molar-refractivity contribution is 6.21. The van der Waals surface area contributed by atoms with Crippen LogP contribution in [0.25, 0.3) is 83.3 Å². The van der Waals surface area contributed by atoms with Crippen molar-refractivity contribution in [2.45, 2.75) is 19.3 Å². The quantitative estimate of drug-likeness (QED) is 0.202. The highest BCUT2D eigenvalue weighted by atomic mass is 16.3. The van der Waals surface area contributed by atoms with Crippen molar-refractivity contribution < 1.29 is 4.42 Å². The van der Waals surface area contributed by atoms with Crippen LogP contribution in [0.5, 0.6) is 0 Å². The van der Waals surface area contributed by atoms with Gasteiger partial charge in [-0.25, -0.2) is 9.97 Å². The Morgan fingerprint density at radius 2 is 1.28 bits per heavy atom. The Morgan fingerprint density at radius 1 is 0.553 bits per heavy atom. The number of hydrogen-bond donors (Lipinski definition) is 0. The third kappa shape index (κ3) is 3.70. The first-order valence-electron chi connectivity index (χ1n) is 16.1. The summed E-state index contributed by atoms with van der Waals surface area (Å²) in [4.78, 5) is 10.3. The maximum Gasteiger partial charge on any atom is 0.213 e. The summed E-state index contributed by atoms with van der Waals surface area (Å²) in [5, 5.41) is 4.59. The largest absolute Gasteiger partial charge is 0.439 e. The van der Waals surface area contributed by atoms with Gasteiger partial charge in [0, 0.05) is 32.7 Å². The maximum absolute atomic E-state index is 6.59. The van der Waals surface area contributed by atoms with Crippen LogP contribution in [0.2, 0.25) is 0 Å². The van der Waals surface area contributed by atoms with E-state index in [-0.39, 0.29) is 5.41 Å². The zero-order valence-electron chi connectivity index (χ0n) is 26.0. The van der Waals surface area contributed by atoms with E-state index in [1.165, 1.54) is 33.0 Å². The lowest BCUT2D eigenvalue weighted by atomic mass is 9.74. The normalized spacial score (nSPS) is 13.5. The second-order valence-corrected chi connectivity index (χ2v) is 13.0. The average Bonchev–Trinajstić information content (AvgIpc) is 3.66. The predicted molar refractivity (Wildman–Crippen MR) is 192 cm³/mol. The van der Waals surface area contributed by atoms with Gasteiger partial charge in [-0.2, -0.15) is 0 Å². The summed E-state index contributed by atoms with van der Waals surface area (Å²) in [6, 6.07) is 49.1. The molecule has 0 saturated carbocycles. The topological polar surface area (TPSA) is 43.9 Å². The summed E-state index contributed by atoms with van der Waals surface area (Å²) in [6.45, 7) is 4.67. The number of para-hydroxylation sites is 3. The lowest BCUT2D eigenvalue weighted by Crippen LogP contribution is -2.26. The average molecular weight is 604 g/mol. The molecule has 0 spiro atoms. The first-order valence-corrected chi connectivity index (χ1v) is 16.1. The van der Waals surface area contributed by atoms with Crippen molar-refractivity contribution in [1.29, 1.82) is 0 Å². The molecular weight excluding hydrogens is 574 g/mol. The van der Waals surface area contributed by atoms with Gasteiger partial charge in [0.1, 0.15) is 5.58 Å². The Balaban J connectivity index is 1.20. The molecule has 4 heteroatoms. The third-order valence-corrected chi connectivity index (χ3v) is 10.00. The van der Waals surface area contributed by atoms with Crippen LogP contribution in [0, 0.1) is 0 Å². The van der Waals surface area contributed by atoms with Gasteiger partial charge in [0.15, 0.2) is 5.82 Å². The molecule has 0 unspecified atom stereocenters. The van der Waals surface area contributed by atoms with Gasteiger partial charge in [-0.15, -0.1) is 0 Å². The van der Waals surface area contributed by atoms with E-state index in [1.54, 1.807) is 0 Å². The minimum atomic E-state index is -0.248. The van der Waals surface area contributed by atoms with Crippen LogP contribution in [0.1, 0.15) is 25.0 Å². The van der Waals surface area contributed by atoms with E-state index < -0.39 is 0 Å². The SMILES string of the molecule is CC1(C)c2cc(-c3nc(-c4cccc(-c5ccccc5)c4)nc4ccccc34)ccc2-n2c3oc4ccccc4c3c3cccc1c32. The molecule has 0 N–H and O–H groups in total. The fourth-order valence-electron chi connectivity index (χ4n) is 7.69. The minimum absolute atomic E-state index is 0.248. The van der Waals surface area contributed by atoms with E-state index in [4.69, 9.17) is 14.4 Å². The molecule has 0 aliphatic carbocycles. The Labute approximate surface area is 271 Å². The molecule has 10 rings (SSSR count). The van der Waals surface area contributed by atoms with Gasteiger partial charge >= 0.3 is 0 Å². The molecule has 1 aliphatic rings. The Kier molecular flexibility index (Phi) is 5.31. The monoisotopic (exact) mass is 603 g/mol. The fraction of sp³-hybridized carbons (Fsp3) is 0.0698. The van der Waals surface area contributed by atoms with E-state index in [2.05, 4.69) is 140 Å². The number of rotatable bonds is 3. The number of aromatic nitrogens is 3. The Morgan fingerprint density at radius 3 is 2.17 bits per heavy atom. The Hall–Kier alpha value is -6.00. The van der Waals surface area contributed by atoms with Crippen molar-refractivity contribution in [3.05, 3.63) is 151 Å². The molecular formula is C43H29N3O. The van der Waals surface area contributed by atoms with Gasteiger partial charge in [0.25, 0.3) is 0 Å². The molecule has 3 aromatic heterocycles. The number of furan rings is 1. The predicted octanol–water partition coefficient (Wildman–Crippen LogP) is 11.1. The molecule has 0 radical (unpaired) electrons. The van der Waals surface area contributed by atoms with Gasteiger partial charge in [-0.3, -0.25) is 4.57 Å². The van der Waals surface area contributed by atoms with Crippen LogP contribution < -0.4 is 0 Å². The van der Waals surface area contributed by atoms with E-state index in [0.717, 1.165) is 61.5 Å². The van der Waals surface area contributed by atoms with Gasteiger partial charge in [0.05, 0.1) is 27.8 Å². The zero-order valence-corrected chi connectivity index (χ0v) is 26.0. The lowest BCUT2D eigenvalue weighted by Gasteiger charge is -2.34. The second-order valence-electron chi connectivity index (χ2n) is 13.0. The molecule has 4 nitrogen and oxygen atoms in total. The summed E-state index contributed by atoms with van der Waals surface area (Å²) in [7, 11) is 0. The standard InChI is InChI=1S/C43H29N3O/c1-43(2)33-19-11-18-32-38-31-17-7-9-21-37(31)47-42(38)46(40(32)33)36-23-22-28(25-34(36)43)39-30-16-6-8-20-35(30)44-41(45-39)29-15-10-14-27(24-29)26-12-4-3-5-13-26/h3-25H,1-2H3. The summed E-state index contributed by atoms with van der Waals surface area (Å²) in [5.74, 6) is 0.718. The summed E-state index contributed by atoms with van der Waals surface area (Å²) >= 11 is 0. The highest BCUT2D eigenvalue weighted by Crippen LogP contribution is 2.50. The van der Waals surface area contributed by atoms with Crippen LogP contribution >= 0.6 is 0 Å². The fourth-order valence-corrected chi connectivity index (χ4v) is 7.69. The summed E-state index contributed by atoms with van der Waals surface area (Å²) in [5.41, 5.74) is 12.7. The summed E-state index contributed by atoms with van der Waals surface area (Å²) < 4.78 is 8.93. The van der Waals surface area contributed by atoms with E-state index >= 15 is 0 Å². The van der Waals surface area contributed by atoms with E-state index in [0.29, 0.717) is 0 Å². The second kappa shape index (κ2) is 9.51. The van der Waals surface area contributed by atoms with Crippen molar-refractivity contribution in [3.8, 4) is 39.5 Å². The zero-order chi connectivity index (χ0) is 31.3. The maximum atomic E-state index is 6.59. The minimum Gasteiger partial charge on any atom is -0.439 e. The Bertz CT molecular complexity index is 2710. The van der Waals surface area contributed by atoms with Crippen molar-refractivity contribution in [2.24, 2.45) is 0 Å². The first-order chi connectivity index (χ1) is 23.1. The first kappa shape index (κ1) is 26.2. The highest BCUT2D eigenvalue weighted by Gasteiger charge is 2.36. The molecule has 47 heavy (non-hydrogen) atoms. The van der Waals surface area contributed by atoms with Crippen LogP contribution in [-0.2, 0) is 5.41 Å². The van der Waals surface area contributed by atoms with E-state index in [9.17, 15) is 0 Å². The van der Waals surface area contributed by atoms with Crippen LogP contribution in [-0.4, -0.2) is 14.5 Å². The molecule has 0 amide bonds. The van der Waals surface area contributed by atoms with E-state index in [1.807, 2.05) is 18.2 Å². The molecule has 6 aromatic carbocycles. The number of nitrogens with zero attached hydrogens (tertiary/aromatic N) is 3. The number of fused-ring (bicyclic) bond motifs is 8. The van der Waals surface area contributed by atoms with Gasteiger partial charge < -0.3 is 4.42 Å². The summed E-state index contributed by atoms with van der Waals surface area (Å²) in [6.07, 6.45) is 0. The molecule has 0 atom stereocenters. The van der Waals surface area contributed by atoms with Gasteiger partial charge in [0.2, 0.25) is 5.71 Å². The molecule has 9 aromatic rings. The third-order valence-electron chi connectivity index (χ3n) is 10.00. The lowest BCUT2D eigenvalue weighted by molar-refractivity contribution is 0.612. The molecule has 0 saturated heterocycles. The molecule has 4 heterocycles. The molecule has 0 bridgehead atoms. The molecule has 1 aliphatic heterocycles. The van der Waals surface area contributed by atoms with Crippen molar-refractivity contribution in [1.82, 2.24) is 14.5 Å². The van der Waals surface area contributed by atoms with Crippen LogP contribution in [0.4, 0.5) is 0 Å². The molecule has 0 fully saturated rings. The van der Waals surface area contributed by atoms with Crippen molar-refractivity contribution in [3.63, 3.8) is 0 Å². The number of benzene rings is 6. The molecule has 222 valence electrons.